The highest BCUT2D eigenvalue weighted by Crippen LogP contribution is 2.25. The fraction of sp³-hybridized carbons (Fsp3) is 0.294. The van der Waals surface area contributed by atoms with Gasteiger partial charge >= 0.3 is 0 Å². The van der Waals surface area contributed by atoms with Crippen LogP contribution >= 0.6 is 0 Å². The van der Waals surface area contributed by atoms with Crippen molar-refractivity contribution in [1.29, 1.82) is 0 Å². The number of aromatic nitrogens is 1. The summed E-state index contributed by atoms with van der Waals surface area (Å²) < 4.78 is 0. The lowest BCUT2D eigenvalue weighted by molar-refractivity contribution is -0.119. The van der Waals surface area contributed by atoms with E-state index in [1.54, 1.807) is 0 Å². The van der Waals surface area contributed by atoms with E-state index in [1.165, 1.54) is 11.1 Å². The van der Waals surface area contributed by atoms with Crippen molar-refractivity contribution in [2.24, 2.45) is 0 Å². The molecule has 2 heterocycles. The first-order valence-electron chi connectivity index (χ1n) is 7.07. The van der Waals surface area contributed by atoms with Gasteiger partial charge in [-0.05, 0) is 29.7 Å². The smallest absolute Gasteiger partial charge is 0.161 e. The second-order valence-corrected chi connectivity index (χ2v) is 5.21. The van der Waals surface area contributed by atoms with Crippen molar-refractivity contribution in [3.05, 3.63) is 59.4 Å². The van der Waals surface area contributed by atoms with Gasteiger partial charge in [0.2, 0.25) is 0 Å². The van der Waals surface area contributed by atoms with Crippen LogP contribution in [0.1, 0.15) is 23.7 Å². The Morgan fingerprint density at radius 2 is 2.15 bits per heavy atom. The molecule has 1 aliphatic rings. The summed E-state index contributed by atoms with van der Waals surface area (Å²) in [5.74, 6) is 0.206. The molecule has 1 N–H and O–H groups in total. The minimum absolute atomic E-state index is 0.111. The molecule has 3 nitrogen and oxygen atoms in total. The minimum atomic E-state index is -0.111. The molecule has 0 fully saturated rings. The van der Waals surface area contributed by atoms with E-state index in [-0.39, 0.29) is 11.8 Å². The molecule has 3 heteroatoms. The molecule has 20 heavy (non-hydrogen) atoms. The molecule has 0 radical (unpaired) electrons. The monoisotopic (exact) mass is 266 g/mol. The number of hydrogen-bond acceptors (Lipinski definition) is 3. The van der Waals surface area contributed by atoms with Gasteiger partial charge in [0.25, 0.3) is 0 Å². The highest BCUT2D eigenvalue weighted by Gasteiger charge is 2.26. The summed E-state index contributed by atoms with van der Waals surface area (Å²) in [4.78, 5) is 16.7. The summed E-state index contributed by atoms with van der Waals surface area (Å²) in [7, 11) is 0. The number of ketones is 1. The number of carbonyl (C=O) groups excluding carboxylic acids is 1. The van der Waals surface area contributed by atoms with Gasteiger partial charge in [0.15, 0.2) is 5.78 Å². The molecule has 0 bridgehead atoms. The summed E-state index contributed by atoms with van der Waals surface area (Å²) in [5, 5.41) is 3.30. The Kier molecular flexibility index (Phi) is 3.50. The van der Waals surface area contributed by atoms with E-state index in [4.69, 9.17) is 0 Å². The molecule has 0 aliphatic carbocycles. The van der Waals surface area contributed by atoms with Crippen molar-refractivity contribution in [3.8, 4) is 0 Å². The van der Waals surface area contributed by atoms with Crippen molar-refractivity contribution in [2.75, 3.05) is 5.32 Å². The summed E-state index contributed by atoms with van der Waals surface area (Å²) >= 11 is 0. The van der Waals surface area contributed by atoms with Gasteiger partial charge in [-0.1, -0.05) is 31.2 Å². The van der Waals surface area contributed by atoms with Crippen LogP contribution in [-0.4, -0.2) is 16.8 Å². The number of rotatable bonds is 4. The zero-order chi connectivity index (χ0) is 13.9. The first-order chi connectivity index (χ1) is 9.76. The molecule has 0 saturated heterocycles. The fourth-order valence-corrected chi connectivity index (χ4v) is 2.56. The lowest BCUT2D eigenvalue weighted by Crippen LogP contribution is -2.28. The summed E-state index contributed by atoms with van der Waals surface area (Å²) in [6.45, 7) is 2.10. The van der Waals surface area contributed by atoms with Crippen LogP contribution in [0.15, 0.2) is 42.6 Å². The Balaban J connectivity index is 1.66. The minimum Gasteiger partial charge on any atom is -0.375 e. The van der Waals surface area contributed by atoms with E-state index in [1.807, 2.05) is 36.5 Å². The molecule has 0 amide bonds. The average Bonchev–Trinajstić information content (AvgIpc) is 2.92. The van der Waals surface area contributed by atoms with Crippen molar-refractivity contribution < 1.29 is 4.79 Å². The number of para-hydroxylation sites is 1. The molecular weight excluding hydrogens is 248 g/mol. The number of Topliss-reactive ketones (excluding diaryl/α,β-unsaturated/α-hetero) is 1. The fourth-order valence-electron chi connectivity index (χ4n) is 2.56. The molecule has 1 unspecified atom stereocenters. The van der Waals surface area contributed by atoms with Crippen LogP contribution in [0.5, 0.6) is 0 Å². The van der Waals surface area contributed by atoms with E-state index >= 15 is 0 Å². The SMILES string of the molecule is CCc1ccc(CC(=O)C2Cc3ccccc3N2)nc1. The van der Waals surface area contributed by atoms with Crippen LogP contribution in [0, 0.1) is 0 Å². The zero-order valence-electron chi connectivity index (χ0n) is 11.6. The second kappa shape index (κ2) is 5.45. The Morgan fingerprint density at radius 1 is 1.30 bits per heavy atom. The number of carbonyl (C=O) groups is 1. The van der Waals surface area contributed by atoms with Gasteiger partial charge in [0.05, 0.1) is 12.5 Å². The molecule has 0 saturated carbocycles. The standard InChI is InChI=1S/C17H18N2O/c1-2-12-7-8-14(18-11-12)10-17(20)16-9-13-5-3-4-6-15(13)19-16/h3-8,11,16,19H,2,9-10H2,1H3. The number of hydrogen-bond donors (Lipinski definition) is 1. The molecule has 1 aliphatic heterocycles. The summed E-state index contributed by atoms with van der Waals surface area (Å²) in [6, 6.07) is 12.0. The highest BCUT2D eigenvalue weighted by atomic mass is 16.1. The number of aryl methyl sites for hydroxylation is 1. The van der Waals surface area contributed by atoms with Crippen LogP contribution in [0.2, 0.25) is 0 Å². The summed E-state index contributed by atoms with van der Waals surface area (Å²) in [6.07, 6.45) is 4.01. The topological polar surface area (TPSA) is 42.0 Å². The van der Waals surface area contributed by atoms with E-state index in [2.05, 4.69) is 23.3 Å². The predicted octanol–water partition coefficient (Wildman–Crippen LogP) is 2.79. The van der Waals surface area contributed by atoms with Crippen molar-refractivity contribution in [2.45, 2.75) is 32.2 Å². The van der Waals surface area contributed by atoms with Gasteiger partial charge in [0, 0.05) is 24.0 Å². The normalized spacial score (nSPS) is 16.6. The number of benzene rings is 1. The zero-order valence-corrected chi connectivity index (χ0v) is 11.6. The number of nitrogens with zero attached hydrogens (tertiary/aromatic N) is 1. The van der Waals surface area contributed by atoms with Gasteiger partial charge in [-0.25, -0.2) is 0 Å². The molecular formula is C17H18N2O. The van der Waals surface area contributed by atoms with Crippen molar-refractivity contribution in [3.63, 3.8) is 0 Å². The third kappa shape index (κ3) is 2.57. The van der Waals surface area contributed by atoms with Crippen LogP contribution in [0.4, 0.5) is 5.69 Å². The maximum absolute atomic E-state index is 12.3. The van der Waals surface area contributed by atoms with Crippen LogP contribution in [0.25, 0.3) is 0 Å². The first-order valence-corrected chi connectivity index (χ1v) is 7.07. The van der Waals surface area contributed by atoms with E-state index in [0.29, 0.717) is 6.42 Å². The van der Waals surface area contributed by atoms with Gasteiger partial charge in [-0.2, -0.15) is 0 Å². The van der Waals surface area contributed by atoms with Crippen LogP contribution in [-0.2, 0) is 24.1 Å². The first kappa shape index (κ1) is 12.9. The number of fused-ring (bicyclic) bond motifs is 1. The Labute approximate surface area is 119 Å². The number of anilines is 1. The van der Waals surface area contributed by atoms with Crippen LogP contribution < -0.4 is 5.32 Å². The third-order valence-electron chi connectivity index (χ3n) is 3.81. The Morgan fingerprint density at radius 3 is 2.85 bits per heavy atom. The van der Waals surface area contributed by atoms with Gasteiger partial charge in [0.1, 0.15) is 0 Å². The van der Waals surface area contributed by atoms with E-state index in [9.17, 15) is 4.79 Å². The number of pyridine rings is 1. The van der Waals surface area contributed by atoms with Crippen molar-refractivity contribution in [1.82, 2.24) is 4.98 Å². The molecule has 1 aromatic heterocycles. The van der Waals surface area contributed by atoms with Gasteiger partial charge < -0.3 is 5.32 Å². The molecule has 102 valence electrons. The highest BCUT2D eigenvalue weighted by molar-refractivity contribution is 5.90. The predicted molar refractivity (Wildman–Crippen MR) is 79.9 cm³/mol. The largest absolute Gasteiger partial charge is 0.375 e. The van der Waals surface area contributed by atoms with Gasteiger partial charge in [-0.3, -0.25) is 9.78 Å². The van der Waals surface area contributed by atoms with Crippen molar-refractivity contribution >= 4 is 11.5 Å². The molecule has 1 atom stereocenters. The molecule has 3 rings (SSSR count). The third-order valence-corrected chi connectivity index (χ3v) is 3.81. The Bertz CT molecular complexity index is 594. The lowest BCUT2D eigenvalue weighted by atomic mass is 10.0. The average molecular weight is 266 g/mol. The van der Waals surface area contributed by atoms with E-state index < -0.39 is 0 Å². The quantitative estimate of drug-likeness (QED) is 0.925. The molecule has 0 spiro atoms. The second-order valence-electron chi connectivity index (χ2n) is 5.21. The Hall–Kier alpha value is -2.16. The number of nitrogens with one attached hydrogen (secondary N) is 1. The van der Waals surface area contributed by atoms with E-state index in [0.717, 1.165) is 24.2 Å². The van der Waals surface area contributed by atoms with Crippen LogP contribution in [0.3, 0.4) is 0 Å². The maximum Gasteiger partial charge on any atom is 0.161 e. The maximum atomic E-state index is 12.3. The van der Waals surface area contributed by atoms with Gasteiger partial charge in [-0.15, -0.1) is 0 Å². The molecule has 2 aromatic rings. The summed E-state index contributed by atoms with van der Waals surface area (Å²) in [5.41, 5.74) is 4.36. The lowest BCUT2D eigenvalue weighted by Gasteiger charge is -2.10. The molecule has 1 aromatic carbocycles.